The van der Waals surface area contributed by atoms with Gasteiger partial charge in [-0.2, -0.15) is 13.2 Å². The maximum absolute atomic E-state index is 13.5. The van der Waals surface area contributed by atoms with E-state index in [4.69, 9.17) is 0 Å². The number of aromatic nitrogens is 1. The molecule has 0 aliphatic heterocycles. The predicted molar refractivity (Wildman–Crippen MR) is 139 cm³/mol. The highest BCUT2D eigenvalue weighted by atomic mass is 19.4. The standard InChI is InChI=1S/C30H30F3N3/c1-22-12-14-24(15-13-22)27-20-23(21-28(36-27)30(31,32)33)16-17-34-18-19-35-29(25-8-4-2-5-9-25)26-10-6-3-7-11-26/h2-15,20-21,29,34-35H,16-19H2,1H3. The Hall–Kier alpha value is -3.48. The quantitative estimate of drug-likeness (QED) is 0.247. The molecular weight excluding hydrogens is 459 g/mol. The third-order valence-corrected chi connectivity index (χ3v) is 6.03. The van der Waals surface area contributed by atoms with Crippen LogP contribution in [-0.4, -0.2) is 24.6 Å². The van der Waals surface area contributed by atoms with E-state index < -0.39 is 11.9 Å². The molecule has 2 N–H and O–H groups in total. The fourth-order valence-electron chi connectivity index (χ4n) is 4.13. The molecule has 0 radical (unpaired) electrons. The monoisotopic (exact) mass is 489 g/mol. The van der Waals surface area contributed by atoms with Crippen LogP contribution in [0.2, 0.25) is 0 Å². The average Bonchev–Trinajstić information content (AvgIpc) is 2.89. The molecule has 1 heterocycles. The molecule has 0 amide bonds. The Balaban J connectivity index is 1.35. The summed E-state index contributed by atoms with van der Waals surface area (Å²) < 4.78 is 40.5. The topological polar surface area (TPSA) is 37.0 Å². The summed E-state index contributed by atoms with van der Waals surface area (Å²) in [5.74, 6) is 0. The molecule has 36 heavy (non-hydrogen) atoms. The van der Waals surface area contributed by atoms with Gasteiger partial charge in [-0.15, -0.1) is 0 Å². The van der Waals surface area contributed by atoms with Crippen molar-refractivity contribution in [3.63, 3.8) is 0 Å². The SMILES string of the molecule is Cc1ccc(-c2cc(CCNCCNC(c3ccccc3)c3ccccc3)cc(C(F)(F)F)n2)cc1. The largest absolute Gasteiger partial charge is 0.433 e. The third kappa shape index (κ3) is 7.03. The fourth-order valence-corrected chi connectivity index (χ4v) is 4.13. The van der Waals surface area contributed by atoms with E-state index in [0.29, 0.717) is 42.9 Å². The number of aryl methyl sites for hydroxylation is 1. The zero-order valence-corrected chi connectivity index (χ0v) is 20.2. The molecule has 4 rings (SSSR count). The molecular formula is C30H30F3N3. The second-order valence-corrected chi connectivity index (χ2v) is 8.82. The number of hydrogen-bond donors (Lipinski definition) is 2. The number of pyridine rings is 1. The summed E-state index contributed by atoms with van der Waals surface area (Å²) in [5, 5.41) is 6.95. The van der Waals surface area contributed by atoms with Crippen LogP contribution in [0, 0.1) is 6.92 Å². The molecule has 1 aromatic heterocycles. The minimum atomic E-state index is -4.49. The first-order valence-electron chi connectivity index (χ1n) is 12.1. The highest BCUT2D eigenvalue weighted by Gasteiger charge is 2.33. The lowest BCUT2D eigenvalue weighted by molar-refractivity contribution is -0.141. The van der Waals surface area contributed by atoms with E-state index in [1.165, 1.54) is 11.1 Å². The summed E-state index contributed by atoms with van der Waals surface area (Å²) in [6.45, 7) is 3.92. The number of benzene rings is 3. The van der Waals surface area contributed by atoms with E-state index >= 15 is 0 Å². The van der Waals surface area contributed by atoms with Crippen LogP contribution >= 0.6 is 0 Å². The van der Waals surface area contributed by atoms with Crippen LogP contribution in [0.3, 0.4) is 0 Å². The van der Waals surface area contributed by atoms with E-state index in [9.17, 15) is 13.2 Å². The Kier molecular flexibility index (Phi) is 8.52. The lowest BCUT2D eigenvalue weighted by Crippen LogP contribution is -2.31. The minimum Gasteiger partial charge on any atom is -0.315 e. The Bertz CT molecular complexity index is 1180. The number of halogens is 3. The Morgan fingerprint density at radius 3 is 1.94 bits per heavy atom. The molecule has 0 atom stereocenters. The van der Waals surface area contributed by atoms with E-state index in [-0.39, 0.29) is 6.04 Å². The highest BCUT2D eigenvalue weighted by Crippen LogP contribution is 2.31. The normalized spacial score (nSPS) is 11.7. The number of rotatable bonds is 10. The van der Waals surface area contributed by atoms with Crippen LogP contribution in [-0.2, 0) is 12.6 Å². The minimum absolute atomic E-state index is 0.0702. The van der Waals surface area contributed by atoms with Crippen molar-refractivity contribution >= 4 is 0 Å². The fraction of sp³-hybridized carbons (Fsp3) is 0.233. The molecule has 6 heteroatoms. The molecule has 0 saturated heterocycles. The highest BCUT2D eigenvalue weighted by molar-refractivity contribution is 5.60. The summed E-state index contributed by atoms with van der Waals surface area (Å²) in [6.07, 6.45) is -4.01. The Morgan fingerprint density at radius 1 is 0.750 bits per heavy atom. The van der Waals surface area contributed by atoms with Crippen LogP contribution in [0.25, 0.3) is 11.3 Å². The van der Waals surface area contributed by atoms with Gasteiger partial charge in [-0.1, -0.05) is 90.5 Å². The van der Waals surface area contributed by atoms with Gasteiger partial charge in [-0.25, -0.2) is 4.98 Å². The van der Waals surface area contributed by atoms with E-state index in [1.54, 1.807) is 18.2 Å². The molecule has 0 aliphatic carbocycles. The summed E-state index contributed by atoms with van der Waals surface area (Å²) >= 11 is 0. The number of alkyl halides is 3. The Labute approximate surface area is 210 Å². The van der Waals surface area contributed by atoms with Gasteiger partial charge in [0.2, 0.25) is 0 Å². The molecule has 3 nitrogen and oxygen atoms in total. The maximum atomic E-state index is 13.5. The summed E-state index contributed by atoms with van der Waals surface area (Å²) in [5.41, 5.74) is 4.19. The van der Waals surface area contributed by atoms with Crippen molar-refractivity contribution in [1.29, 1.82) is 0 Å². The van der Waals surface area contributed by atoms with Crippen molar-refractivity contribution in [3.8, 4) is 11.3 Å². The molecule has 0 saturated carbocycles. The van der Waals surface area contributed by atoms with E-state index in [2.05, 4.69) is 39.9 Å². The van der Waals surface area contributed by atoms with Crippen molar-refractivity contribution in [2.45, 2.75) is 25.6 Å². The van der Waals surface area contributed by atoms with Gasteiger partial charge in [-0.05, 0) is 48.7 Å². The lowest BCUT2D eigenvalue weighted by Gasteiger charge is -2.20. The van der Waals surface area contributed by atoms with Crippen LogP contribution in [0.15, 0.2) is 97.1 Å². The first kappa shape index (κ1) is 25.6. The average molecular weight is 490 g/mol. The van der Waals surface area contributed by atoms with Crippen LogP contribution in [0.1, 0.15) is 34.0 Å². The van der Waals surface area contributed by atoms with Gasteiger partial charge >= 0.3 is 6.18 Å². The third-order valence-electron chi connectivity index (χ3n) is 6.03. The van der Waals surface area contributed by atoms with Gasteiger partial charge in [0.05, 0.1) is 11.7 Å². The van der Waals surface area contributed by atoms with Crippen LogP contribution in [0.5, 0.6) is 0 Å². The molecule has 0 aliphatic rings. The lowest BCUT2D eigenvalue weighted by atomic mass is 9.99. The second-order valence-electron chi connectivity index (χ2n) is 8.82. The molecule has 186 valence electrons. The first-order chi connectivity index (χ1) is 17.4. The molecule has 0 spiro atoms. The van der Waals surface area contributed by atoms with Gasteiger partial charge < -0.3 is 10.6 Å². The Morgan fingerprint density at radius 2 is 1.36 bits per heavy atom. The second kappa shape index (κ2) is 12.0. The van der Waals surface area contributed by atoms with Crippen LogP contribution < -0.4 is 10.6 Å². The van der Waals surface area contributed by atoms with Gasteiger partial charge in [0.25, 0.3) is 0 Å². The van der Waals surface area contributed by atoms with Gasteiger partial charge in [0, 0.05) is 18.7 Å². The summed E-state index contributed by atoms with van der Waals surface area (Å²) in [6, 6.07) is 30.9. The molecule has 0 bridgehead atoms. The van der Waals surface area contributed by atoms with Crippen molar-refractivity contribution in [2.75, 3.05) is 19.6 Å². The molecule has 4 aromatic rings. The molecule has 0 fully saturated rings. The molecule has 3 aromatic carbocycles. The van der Waals surface area contributed by atoms with Crippen molar-refractivity contribution in [3.05, 3.63) is 125 Å². The van der Waals surface area contributed by atoms with Gasteiger partial charge in [-0.3, -0.25) is 0 Å². The van der Waals surface area contributed by atoms with Gasteiger partial charge in [0.1, 0.15) is 5.69 Å². The van der Waals surface area contributed by atoms with Gasteiger partial charge in [0.15, 0.2) is 0 Å². The summed E-state index contributed by atoms with van der Waals surface area (Å²) in [7, 11) is 0. The first-order valence-corrected chi connectivity index (χ1v) is 12.1. The number of nitrogens with zero attached hydrogens (tertiary/aromatic N) is 1. The molecule has 0 unspecified atom stereocenters. The van der Waals surface area contributed by atoms with Crippen molar-refractivity contribution in [1.82, 2.24) is 15.6 Å². The number of hydrogen-bond acceptors (Lipinski definition) is 3. The van der Waals surface area contributed by atoms with Crippen molar-refractivity contribution < 1.29 is 13.2 Å². The van der Waals surface area contributed by atoms with Crippen molar-refractivity contribution in [2.24, 2.45) is 0 Å². The van der Waals surface area contributed by atoms with E-state index in [0.717, 1.165) is 11.6 Å². The zero-order valence-electron chi connectivity index (χ0n) is 20.2. The number of nitrogens with one attached hydrogen (secondary N) is 2. The van der Waals surface area contributed by atoms with Crippen LogP contribution in [0.4, 0.5) is 13.2 Å². The zero-order chi connectivity index (χ0) is 25.4. The predicted octanol–water partition coefficient (Wildman–Crippen LogP) is 6.59. The van der Waals surface area contributed by atoms with E-state index in [1.807, 2.05) is 55.5 Å². The summed E-state index contributed by atoms with van der Waals surface area (Å²) in [4.78, 5) is 3.88. The smallest absolute Gasteiger partial charge is 0.315 e. The maximum Gasteiger partial charge on any atom is 0.433 e.